The molecular formula is C19H16ClNO4. The molecule has 0 unspecified atom stereocenters. The van der Waals surface area contributed by atoms with Gasteiger partial charge in [-0.2, -0.15) is 0 Å². The molecule has 0 saturated carbocycles. The van der Waals surface area contributed by atoms with Crippen molar-refractivity contribution < 1.29 is 13.9 Å². The minimum atomic E-state index is -0.597. The van der Waals surface area contributed by atoms with E-state index in [9.17, 15) is 9.59 Å². The van der Waals surface area contributed by atoms with Gasteiger partial charge in [0.1, 0.15) is 5.58 Å². The lowest BCUT2D eigenvalue weighted by Gasteiger charge is -2.13. The zero-order valence-electron chi connectivity index (χ0n) is 14.0. The fourth-order valence-corrected chi connectivity index (χ4v) is 2.66. The summed E-state index contributed by atoms with van der Waals surface area (Å²) in [5.41, 5.74) is 1.56. The molecule has 0 radical (unpaired) electrons. The number of benzene rings is 2. The van der Waals surface area contributed by atoms with Crippen LogP contribution in [-0.2, 0) is 4.79 Å². The Labute approximate surface area is 149 Å². The quantitative estimate of drug-likeness (QED) is 0.660. The first-order chi connectivity index (χ1) is 11.9. The lowest BCUT2D eigenvalue weighted by atomic mass is 10.1. The summed E-state index contributed by atoms with van der Waals surface area (Å²) < 4.78 is 11.0. The molecule has 0 atom stereocenters. The van der Waals surface area contributed by atoms with Gasteiger partial charge in [0.2, 0.25) is 11.2 Å². The Hall–Kier alpha value is -2.79. The zero-order chi connectivity index (χ0) is 18.1. The predicted molar refractivity (Wildman–Crippen MR) is 98.6 cm³/mol. The molecule has 0 amide bonds. The van der Waals surface area contributed by atoms with Crippen LogP contribution in [0, 0.1) is 0 Å². The van der Waals surface area contributed by atoms with Crippen LogP contribution >= 0.6 is 11.6 Å². The van der Waals surface area contributed by atoms with Crippen LogP contribution < -0.4 is 15.1 Å². The van der Waals surface area contributed by atoms with E-state index in [-0.39, 0.29) is 16.9 Å². The predicted octanol–water partition coefficient (Wildman–Crippen LogP) is 4.10. The number of nitrogens with zero attached hydrogens (tertiary/aromatic N) is 1. The van der Waals surface area contributed by atoms with Gasteiger partial charge in [0, 0.05) is 37.3 Å². The third kappa shape index (κ3) is 3.37. The van der Waals surface area contributed by atoms with Gasteiger partial charge in [-0.1, -0.05) is 11.6 Å². The fraction of sp³-hybridized carbons (Fsp3) is 0.158. The number of anilines is 1. The van der Waals surface area contributed by atoms with Crippen LogP contribution in [0.1, 0.15) is 6.92 Å². The molecule has 0 saturated heterocycles. The van der Waals surface area contributed by atoms with Crippen molar-refractivity contribution in [2.24, 2.45) is 0 Å². The molecule has 1 heterocycles. The van der Waals surface area contributed by atoms with E-state index in [1.165, 1.54) is 13.0 Å². The molecule has 0 N–H and O–H groups in total. The van der Waals surface area contributed by atoms with Crippen molar-refractivity contribution in [3.05, 3.63) is 57.7 Å². The Bertz CT molecular complexity index is 1010. The van der Waals surface area contributed by atoms with Gasteiger partial charge in [-0.05, 0) is 42.5 Å². The summed E-state index contributed by atoms with van der Waals surface area (Å²) in [6.45, 7) is 1.24. The molecule has 25 heavy (non-hydrogen) atoms. The Kier molecular flexibility index (Phi) is 4.51. The van der Waals surface area contributed by atoms with Crippen LogP contribution in [0.2, 0.25) is 5.02 Å². The van der Waals surface area contributed by atoms with E-state index >= 15 is 0 Å². The van der Waals surface area contributed by atoms with E-state index in [1.807, 2.05) is 43.3 Å². The van der Waals surface area contributed by atoms with Crippen molar-refractivity contribution in [2.45, 2.75) is 6.92 Å². The average Bonchev–Trinajstić information content (AvgIpc) is 2.57. The largest absolute Gasteiger partial charge is 0.452 e. The maximum Gasteiger partial charge on any atom is 0.308 e. The summed E-state index contributed by atoms with van der Waals surface area (Å²) in [4.78, 5) is 26.2. The van der Waals surface area contributed by atoms with Crippen LogP contribution in [0.25, 0.3) is 22.3 Å². The maximum atomic E-state index is 12.8. The van der Waals surface area contributed by atoms with Gasteiger partial charge in [0.25, 0.3) is 0 Å². The summed E-state index contributed by atoms with van der Waals surface area (Å²) in [6, 6.07) is 12.1. The maximum absolute atomic E-state index is 12.8. The molecule has 0 bridgehead atoms. The number of carbonyl (C=O) groups excluding carboxylic acids is 1. The molecule has 3 rings (SSSR count). The Balaban J connectivity index is 2.26. The van der Waals surface area contributed by atoms with E-state index in [2.05, 4.69) is 0 Å². The Morgan fingerprint density at radius 3 is 2.40 bits per heavy atom. The second kappa shape index (κ2) is 6.61. The van der Waals surface area contributed by atoms with Crippen molar-refractivity contribution in [1.29, 1.82) is 0 Å². The highest BCUT2D eigenvalue weighted by Crippen LogP contribution is 2.32. The van der Waals surface area contributed by atoms with E-state index < -0.39 is 11.4 Å². The number of hydrogen-bond donors (Lipinski definition) is 0. The standard InChI is InChI=1S/C19H16ClNO4/c1-11(22)24-19-17(23)15-10-13(20)6-9-16(15)25-18(19)12-4-7-14(8-5-12)21(2)3/h4-10H,1-3H3. The van der Waals surface area contributed by atoms with Crippen LogP contribution in [0.15, 0.2) is 51.7 Å². The number of esters is 1. The number of fused-ring (bicyclic) bond motifs is 1. The molecule has 0 aliphatic heterocycles. The molecule has 0 fully saturated rings. The van der Waals surface area contributed by atoms with Crippen molar-refractivity contribution in [1.82, 2.24) is 0 Å². The van der Waals surface area contributed by atoms with E-state index in [0.717, 1.165) is 5.69 Å². The molecule has 0 spiro atoms. The van der Waals surface area contributed by atoms with Crippen LogP contribution in [-0.4, -0.2) is 20.1 Å². The third-order valence-electron chi connectivity index (χ3n) is 3.70. The highest BCUT2D eigenvalue weighted by molar-refractivity contribution is 6.31. The number of rotatable bonds is 3. The Morgan fingerprint density at radius 1 is 1.12 bits per heavy atom. The van der Waals surface area contributed by atoms with Gasteiger partial charge in [0.05, 0.1) is 5.39 Å². The normalized spacial score (nSPS) is 10.7. The number of carbonyl (C=O) groups is 1. The van der Waals surface area contributed by atoms with Gasteiger partial charge < -0.3 is 14.1 Å². The minimum absolute atomic E-state index is 0.139. The highest BCUT2D eigenvalue weighted by atomic mass is 35.5. The van der Waals surface area contributed by atoms with Crippen LogP contribution in [0.4, 0.5) is 5.69 Å². The molecular weight excluding hydrogens is 342 g/mol. The van der Waals surface area contributed by atoms with Crippen molar-refractivity contribution in [2.75, 3.05) is 19.0 Å². The molecule has 0 aliphatic carbocycles. The van der Waals surface area contributed by atoms with E-state index in [4.69, 9.17) is 20.8 Å². The first-order valence-electron chi connectivity index (χ1n) is 7.59. The monoisotopic (exact) mass is 357 g/mol. The molecule has 5 nitrogen and oxygen atoms in total. The van der Waals surface area contributed by atoms with Gasteiger partial charge in [0.15, 0.2) is 5.76 Å². The number of ether oxygens (including phenoxy) is 1. The molecule has 0 aliphatic rings. The lowest BCUT2D eigenvalue weighted by molar-refractivity contribution is -0.131. The molecule has 6 heteroatoms. The van der Waals surface area contributed by atoms with Crippen LogP contribution in [0.3, 0.4) is 0 Å². The first-order valence-corrected chi connectivity index (χ1v) is 7.97. The summed E-state index contributed by atoms with van der Waals surface area (Å²) in [6.07, 6.45) is 0. The summed E-state index contributed by atoms with van der Waals surface area (Å²) in [5.74, 6) is -0.528. The topological polar surface area (TPSA) is 59.8 Å². The van der Waals surface area contributed by atoms with Crippen molar-refractivity contribution in [3.63, 3.8) is 0 Å². The van der Waals surface area contributed by atoms with Gasteiger partial charge in [-0.15, -0.1) is 0 Å². The van der Waals surface area contributed by atoms with Crippen LogP contribution in [0.5, 0.6) is 5.75 Å². The zero-order valence-corrected chi connectivity index (χ0v) is 14.8. The van der Waals surface area contributed by atoms with Crippen molar-refractivity contribution in [3.8, 4) is 17.1 Å². The van der Waals surface area contributed by atoms with Gasteiger partial charge >= 0.3 is 5.97 Å². The van der Waals surface area contributed by atoms with E-state index in [0.29, 0.717) is 16.2 Å². The summed E-state index contributed by atoms with van der Waals surface area (Å²) in [5, 5.41) is 0.661. The molecule has 1 aromatic heterocycles. The molecule has 2 aromatic carbocycles. The summed E-state index contributed by atoms with van der Waals surface area (Å²) >= 11 is 5.96. The fourth-order valence-electron chi connectivity index (χ4n) is 2.49. The molecule has 128 valence electrons. The average molecular weight is 358 g/mol. The number of halogens is 1. The smallest absolute Gasteiger partial charge is 0.308 e. The summed E-state index contributed by atoms with van der Waals surface area (Å²) in [7, 11) is 3.86. The second-order valence-electron chi connectivity index (χ2n) is 5.76. The first kappa shape index (κ1) is 17.0. The highest BCUT2D eigenvalue weighted by Gasteiger charge is 2.19. The van der Waals surface area contributed by atoms with Crippen molar-refractivity contribution >= 4 is 34.2 Å². The SMILES string of the molecule is CC(=O)Oc1c(-c2ccc(N(C)C)cc2)oc2ccc(Cl)cc2c1=O. The van der Waals surface area contributed by atoms with Gasteiger partial charge in [-0.3, -0.25) is 9.59 Å². The Morgan fingerprint density at radius 2 is 1.80 bits per heavy atom. The second-order valence-corrected chi connectivity index (χ2v) is 6.20. The third-order valence-corrected chi connectivity index (χ3v) is 3.94. The lowest BCUT2D eigenvalue weighted by Crippen LogP contribution is -2.13. The van der Waals surface area contributed by atoms with Gasteiger partial charge in [-0.25, -0.2) is 0 Å². The molecule has 3 aromatic rings. The number of hydrogen-bond acceptors (Lipinski definition) is 5. The van der Waals surface area contributed by atoms with E-state index in [1.54, 1.807) is 12.1 Å². The minimum Gasteiger partial charge on any atom is -0.452 e.